The van der Waals surface area contributed by atoms with Crippen LogP contribution in [0.3, 0.4) is 0 Å². The first kappa shape index (κ1) is 19.7. The number of amidine groups is 1. The predicted molar refractivity (Wildman–Crippen MR) is 103 cm³/mol. The molecule has 0 aliphatic carbocycles. The molecule has 2 aliphatic rings. The number of carboxylic acids is 1. The van der Waals surface area contributed by atoms with Crippen LogP contribution in [0.2, 0.25) is 0 Å². The second kappa shape index (κ2) is 7.51. The van der Waals surface area contributed by atoms with Crippen molar-refractivity contribution in [2.45, 2.75) is 31.1 Å². The van der Waals surface area contributed by atoms with E-state index in [9.17, 15) is 18.0 Å². The second-order valence-electron chi connectivity index (χ2n) is 6.53. The molecule has 8 nitrogen and oxygen atoms in total. The number of hydrogen-bond acceptors (Lipinski definition) is 6. The Labute approximate surface area is 161 Å². The summed E-state index contributed by atoms with van der Waals surface area (Å²) in [5.74, 6) is -1.06. The zero-order chi connectivity index (χ0) is 19.8. The maximum atomic E-state index is 12.1. The van der Waals surface area contributed by atoms with Crippen LogP contribution >= 0.6 is 11.8 Å². The molecule has 10 heteroatoms. The molecule has 0 radical (unpaired) electrons. The number of aliphatic imine (C=N–C) groups is 1. The molecule has 1 N–H and O–H groups in total. The van der Waals surface area contributed by atoms with Gasteiger partial charge in [-0.3, -0.25) is 9.59 Å². The number of anilines is 1. The summed E-state index contributed by atoms with van der Waals surface area (Å²) in [6.45, 7) is 1.91. The van der Waals surface area contributed by atoms with Crippen molar-refractivity contribution in [3.8, 4) is 5.75 Å². The number of aryl methyl sites for hydroxylation is 1. The van der Waals surface area contributed by atoms with Crippen LogP contribution in [0.25, 0.3) is 0 Å². The van der Waals surface area contributed by atoms with Crippen LogP contribution in [0.1, 0.15) is 18.4 Å². The molecule has 146 valence electrons. The molecule has 2 heterocycles. The molecule has 1 aromatic carbocycles. The summed E-state index contributed by atoms with van der Waals surface area (Å²) in [5, 5.41) is 8.90. The highest BCUT2D eigenvalue weighted by Gasteiger charge is 2.50. The molecule has 1 aromatic rings. The topological polar surface area (TPSA) is 113 Å². The average molecular weight is 412 g/mol. The molecule has 2 aliphatic heterocycles. The van der Waals surface area contributed by atoms with Crippen molar-refractivity contribution in [2.75, 3.05) is 23.5 Å². The number of nitrogens with zero attached hydrogens (tertiary/aromatic N) is 2. The summed E-state index contributed by atoms with van der Waals surface area (Å²) < 4.78 is 29.6. The van der Waals surface area contributed by atoms with E-state index in [4.69, 9.17) is 9.84 Å². The number of hydrogen-bond donors (Lipinski definition) is 1. The highest BCUT2D eigenvalue weighted by molar-refractivity contribution is 8.16. The van der Waals surface area contributed by atoms with Crippen LogP contribution in [-0.4, -0.2) is 60.5 Å². The molecule has 3 rings (SSSR count). The zero-order valence-electron chi connectivity index (χ0n) is 14.9. The molecular weight excluding hydrogens is 392 g/mol. The van der Waals surface area contributed by atoms with Gasteiger partial charge < -0.3 is 14.7 Å². The first-order valence-corrected chi connectivity index (χ1v) is 11.0. The van der Waals surface area contributed by atoms with E-state index in [1.54, 1.807) is 11.0 Å². The fourth-order valence-electron chi connectivity index (χ4n) is 3.21. The van der Waals surface area contributed by atoms with Gasteiger partial charge in [0, 0.05) is 11.7 Å². The first-order chi connectivity index (χ1) is 12.7. The molecule has 2 fully saturated rings. The van der Waals surface area contributed by atoms with Gasteiger partial charge >= 0.3 is 5.97 Å². The number of benzene rings is 1. The SMILES string of the molecule is COc1ccc(C)cc1N1C(=NC(=O)CCC(=O)O)S[C@@H]2CS(=O)(=O)C[C@H]21. The summed E-state index contributed by atoms with van der Waals surface area (Å²) >= 11 is 1.25. The van der Waals surface area contributed by atoms with E-state index >= 15 is 0 Å². The van der Waals surface area contributed by atoms with E-state index < -0.39 is 21.7 Å². The fourth-order valence-corrected chi connectivity index (χ4v) is 7.14. The maximum absolute atomic E-state index is 12.1. The summed E-state index contributed by atoms with van der Waals surface area (Å²) in [5.41, 5.74) is 1.61. The highest BCUT2D eigenvalue weighted by Crippen LogP contribution is 2.44. The normalized spacial score (nSPS) is 24.8. The Kier molecular flexibility index (Phi) is 5.48. The average Bonchev–Trinajstić information content (AvgIpc) is 3.03. The van der Waals surface area contributed by atoms with Gasteiger partial charge in [-0.1, -0.05) is 17.8 Å². The number of rotatable bonds is 5. The van der Waals surface area contributed by atoms with Crippen LogP contribution in [-0.2, 0) is 19.4 Å². The third-order valence-electron chi connectivity index (χ3n) is 4.43. The second-order valence-corrected chi connectivity index (χ2v) is 9.89. The predicted octanol–water partition coefficient (Wildman–Crippen LogP) is 1.47. The number of ether oxygens (including phenoxy) is 1. The zero-order valence-corrected chi connectivity index (χ0v) is 16.5. The molecule has 2 saturated heterocycles. The van der Waals surface area contributed by atoms with Crippen LogP contribution in [0.4, 0.5) is 5.69 Å². The molecule has 27 heavy (non-hydrogen) atoms. The Morgan fingerprint density at radius 2 is 2.07 bits per heavy atom. The molecule has 1 amide bonds. The minimum absolute atomic E-state index is 0.0231. The lowest BCUT2D eigenvalue weighted by Gasteiger charge is -2.26. The summed E-state index contributed by atoms with van der Waals surface area (Å²) in [6, 6.07) is 5.19. The number of fused-ring (bicyclic) bond motifs is 1. The molecular formula is C17H20N2O6S2. The van der Waals surface area contributed by atoms with Crippen LogP contribution in [0.5, 0.6) is 5.75 Å². The summed E-state index contributed by atoms with van der Waals surface area (Å²) in [7, 11) is -1.65. The van der Waals surface area contributed by atoms with Crippen LogP contribution < -0.4 is 9.64 Å². The lowest BCUT2D eigenvalue weighted by atomic mass is 10.1. The van der Waals surface area contributed by atoms with Crippen molar-refractivity contribution >= 4 is 44.3 Å². The standard InChI is InChI=1S/C17H20N2O6S2/c1-10-3-4-13(25-2)11(7-10)19-12-8-27(23,24)9-14(12)26-17(19)18-15(20)5-6-16(21)22/h3-4,7,12,14H,5-6,8-9H2,1-2H3,(H,21,22)/t12-,14-/m1/s1. The monoisotopic (exact) mass is 412 g/mol. The van der Waals surface area contributed by atoms with Gasteiger partial charge in [-0.15, -0.1) is 0 Å². The van der Waals surface area contributed by atoms with E-state index in [0.717, 1.165) is 5.56 Å². The third-order valence-corrected chi connectivity index (χ3v) is 7.64. The summed E-state index contributed by atoms with van der Waals surface area (Å²) in [4.78, 5) is 28.6. The van der Waals surface area contributed by atoms with Crippen molar-refractivity contribution in [3.63, 3.8) is 0 Å². The lowest BCUT2D eigenvalue weighted by molar-refractivity contribution is -0.138. The molecule has 0 saturated carbocycles. The number of sulfone groups is 1. The number of carbonyl (C=O) groups is 2. The van der Waals surface area contributed by atoms with Crippen molar-refractivity contribution in [3.05, 3.63) is 23.8 Å². The smallest absolute Gasteiger partial charge is 0.303 e. The Balaban J connectivity index is 2.00. The van der Waals surface area contributed by atoms with Crippen LogP contribution in [0.15, 0.2) is 23.2 Å². The first-order valence-electron chi connectivity index (χ1n) is 8.34. The Hall–Kier alpha value is -2.07. The number of amides is 1. The minimum atomic E-state index is -3.17. The molecule has 0 bridgehead atoms. The van der Waals surface area contributed by atoms with Gasteiger partial charge in [0.05, 0.1) is 36.8 Å². The van der Waals surface area contributed by atoms with Crippen molar-refractivity contribution in [1.29, 1.82) is 0 Å². The van der Waals surface area contributed by atoms with Gasteiger partial charge in [-0.25, -0.2) is 8.42 Å². The van der Waals surface area contributed by atoms with Gasteiger partial charge in [-0.05, 0) is 24.6 Å². The van der Waals surface area contributed by atoms with Crippen molar-refractivity contribution in [1.82, 2.24) is 0 Å². The van der Waals surface area contributed by atoms with E-state index in [1.165, 1.54) is 18.9 Å². The van der Waals surface area contributed by atoms with Gasteiger partial charge in [0.2, 0.25) is 5.91 Å². The number of aliphatic carboxylic acids is 1. The Morgan fingerprint density at radius 1 is 1.33 bits per heavy atom. The maximum Gasteiger partial charge on any atom is 0.303 e. The number of methoxy groups -OCH3 is 1. The summed E-state index contributed by atoms with van der Waals surface area (Å²) in [6.07, 6.45) is -0.499. The van der Waals surface area contributed by atoms with Crippen LogP contribution in [0, 0.1) is 6.92 Å². The molecule has 0 aromatic heterocycles. The van der Waals surface area contributed by atoms with Gasteiger partial charge in [0.25, 0.3) is 0 Å². The number of thioether (sulfide) groups is 1. The minimum Gasteiger partial charge on any atom is -0.495 e. The number of carbonyl (C=O) groups excluding carboxylic acids is 1. The Bertz CT molecular complexity index is 912. The quantitative estimate of drug-likeness (QED) is 0.773. The molecule has 0 spiro atoms. The fraction of sp³-hybridized carbons (Fsp3) is 0.471. The largest absolute Gasteiger partial charge is 0.495 e. The third kappa shape index (κ3) is 4.27. The van der Waals surface area contributed by atoms with E-state index in [0.29, 0.717) is 16.6 Å². The van der Waals surface area contributed by atoms with Gasteiger partial charge in [0.1, 0.15) is 5.75 Å². The van der Waals surface area contributed by atoms with E-state index in [1.807, 2.05) is 19.1 Å². The molecule has 2 atom stereocenters. The Morgan fingerprint density at radius 3 is 2.74 bits per heavy atom. The lowest BCUT2D eigenvalue weighted by Crippen LogP contribution is -2.38. The highest BCUT2D eigenvalue weighted by atomic mass is 32.2. The van der Waals surface area contributed by atoms with E-state index in [2.05, 4.69) is 4.99 Å². The van der Waals surface area contributed by atoms with Crippen molar-refractivity contribution < 1.29 is 27.9 Å². The van der Waals surface area contributed by atoms with Gasteiger partial charge in [0.15, 0.2) is 15.0 Å². The van der Waals surface area contributed by atoms with Gasteiger partial charge in [-0.2, -0.15) is 4.99 Å². The molecule has 0 unspecified atom stereocenters. The van der Waals surface area contributed by atoms with Crippen molar-refractivity contribution in [2.24, 2.45) is 4.99 Å². The van der Waals surface area contributed by atoms with E-state index in [-0.39, 0.29) is 35.6 Å². The number of carboxylic acid groups (broad SMARTS) is 1.